The second-order valence-electron chi connectivity index (χ2n) is 5.81. The molecule has 0 saturated carbocycles. The van der Waals surface area contributed by atoms with Crippen LogP contribution in [0.1, 0.15) is 18.1 Å². The maximum Gasteiger partial charge on any atom is 0.265 e. The summed E-state index contributed by atoms with van der Waals surface area (Å²) in [5, 5.41) is 2.69. The lowest BCUT2D eigenvalue weighted by Crippen LogP contribution is -2.34. The molecule has 3 rings (SSSR count). The zero-order chi connectivity index (χ0) is 17.3. The van der Waals surface area contributed by atoms with Gasteiger partial charge in [-0.2, -0.15) is 0 Å². The summed E-state index contributed by atoms with van der Waals surface area (Å²) < 4.78 is 32.6. The van der Waals surface area contributed by atoms with E-state index < -0.39 is 16.1 Å². The van der Waals surface area contributed by atoms with E-state index in [9.17, 15) is 13.2 Å². The summed E-state index contributed by atoms with van der Waals surface area (Å²) in [6.45, 7) is 3.59. The molecule has 1 amide bonds. The predicted molar refractivity (Wildman–Crippen MR) is 92.6 cm³/mol. The van der Waals surface area contributed by atoms with Crippen molar-refractivity contribution < 1.29 is 17.9 Å². The quantitative estimate of drug-likeness (QED) is 0.891. The van der Waals surface area contributed by atoms with Crippen LogP contribution in [0.2, 0.25) is 0 Å². The Hall–Kier alpha value is -2.54. The van der Waals surface area contributed by atoms with Gasteiger partial charge in [-0.05, 0) is 37.6 Å². The highest BCUT2D eigenvalue weighted by Crippen LogP contribution is 2.32. The summed E-state index contributed by atoms with van der Waals surface area (Å²) in [7, 11) is -3.55. The van der Waals surface area contributed by atoms with Gasteiger partial charge < -0.3 is 10.1 Å². The number of fused-ring (bicyclic) bond motifs is 1. The second-order valence-corrected chi connectivity index (χ2v) is 7.53. The molecule has 0 bridgehead atoms. The van der Waals surface area contributed by atoms with E-state index in [1.54, 1.807) is 37.3 Å². The Kier molecular flexibility index (Phi) is 4.19. The third-order valence-corrected chi connectivity index (χ3v) is 4.92. The molecule has 126 valence electrons. The zero-order valence-corrected chi connectivity index (χ0v) is 14.2. The number of aryl methyl sites for hydroxylation is 1. The van der Waals surface area contributed by atoms with E-state index in [0.717, 1.165) is 5.56 Å². The number of rotatable bonds is 4. The SMILES string of the molecule is Cc1ccc(CS(=O)(=O)Nc2ccc3c(c2)NC(=O)C(C)O3)cc1. The number of carbonyl (C=O) groups excluding carboxylic acids is 1. The number of amides is 1. The number of sulfonamides is 1. The minimum Gasteiger partial charge on any atom is -0.479 e. The molecule has 0 spiro atoms. The van der Waals surface area contributed by atoms with Gasteiger partial charge >= 0.3 is 0 Å². The third-order valence-electron chi connectivity index (χ3n) is 3.66. The van der Waals surface area contributed by atoms with Crippen molar-refractivity contribution in [1.82, 2.24) is 0 Å². The molecule has 6 nitrogen and oxygen atoms in total. The van der Waals surface area contributed by atoms with E-state index in [4.69, 9.17) is 4.74 Å². The Morgan fingerprint density at radius 3 is 2.58 bits per heavy atom. The maximum atomic E-state index is 12.3. The summed E-state index contributed by atoms with van der Waals surface area (Å²) in [5.74, 6) is 0.135. The highest BCUT2D eigenvalue weighted by atomic mass is 32.2. The van der Waals surface area contributed by atoms with Crippen LogP contribution in [-0.4, -0.2) is 20.4 Å². The highest BCUT2D eigenvalue weighted by Gasteiger charge is 2.24. The van der Waals surface area contributed by atoms with Gasteiger partial charge in [0.15, 0.2) is 6.10 Å². The van der Waals surface area contributed by atoms with Crippen molar-refractivity contribution in [2.75, 3.05) is 10.0 Å². The van der Waals surface area contributed by atoms with Gasteiger partial charge in [0.2, 0.25) is 10.0 Å². The van der Waals surface area contributed by atoms with E-state index in [2.05, 4.69) is 10.0 Å². The van der Waals surface area contributed by atoms with Crippen LogP contribution in [-0.2, 0) is 20.6 Å². The molecule has 1 aliphatic rings. The second kappa shape index (κ2) is 6.16. The molecule has 2 aromatic carbocycles. The van der Waals surface area contributed by atoms with Crippen LogP contribution in [0, 0.1) is 6.92 Å². The van der Waals surface area contributed by atoms with Crippen molar-refractivity contribution in [3.8, 4) is 5.75 Å². The molecule has 0 aromatic heterocycles. The Bertz CT molecular complexity index is 876. The van der Waals surface area contributed by atoms with Gasteiger partial charge in [0.25, 0.3) is 5.91 Å². The number of benzene rings is 2. The van der Waals surface area contributed by atoms with E-state index in [1.807, 2.05) is 19.1 Å². The first-order valence-corrected chi connectivity index (χ1v) is 9.15. The van der Waals surface area contributed by atoms with E-state index in [1.165, 1.54) is 0 Å². The van der Waals surface area contributed by atoms with Crippen LogP contribution in [0.3, 0.4) is 0 Å². The molecule has 0 aliphatic carbocycles. The number of anilines is 2. The highest BCUT2D eigenvalue weighted by molar-refractivity contribution is 7.91. The fraction of sp³-hybridized carbons (Fsp3) is 0.235. The smallest absolute Gasteiger partial charge is 0.265 e. The molecule has 24 heavy (non-hydrogen) atoms. The van der Waals surface area contributed by atoms with E-state index in [-0.39, 0.29) is 11.7 Å². The molecular formula is C17H18N2O4S. The van der Waals surface area contributed by atoms with Crippen LogP contribution in [0.4, 0.5) is 11.4 Å². The van der Waals surface area contributed by atoms with Gasteiger partial charge in [0.1, 0.15) is 5.75 Å². The fourth-order valence-corrected chi connectivity index (χ4v) is 3.58. The fourth-order valence-electron chi connectivity index (χ4n) is 2.39. The Balaban J connectivity index is 1.77. The summed E-state index contributed by atoms with van der Waals surface area (Å²) in [4.78, 5) is 11.6. The Morgan fingerprint density at radius 2 is 1.88 bits per heavy atom. The number of hydrogen-bond acceptors (Lipinski definition) is 4. The molecule has 1 atom stereocenters. The third kappa shape index (κ3) is 3.68. The largest absolute Gasteiger partial charge is 0.479 e. The molecule has 0 radical (unpaired) electrons. The lowest BCUT2D eigenvalue weighted by Gasteiger charge is -2.23. The van der Waals surface area contributed by atoms with Gasteiger partial charge in [0.05, 0.1) is 17.1 Å². The van der Waals surface area contributed by atoms with Crippen molar-refractivity contribution in [3.63, 3.8) is 0 Å². The van der Waals surface area contributed by atoms with Crippen LogP contribution >= 0.6 is 0 Å². The topological polar surface area (TPSA) is 84.5 Å². The lowest BCUT2D eigenvalue weighted by atomic mass is 10.2. The van der Waals surface area contributed by atoms with Crippen LogP contribution in [0.15, 0.2) is 42.5 Å². The molecule has 1 heterocycles. The number of nitrogens with one attached hydrogen (secondary N) is 2. The van der Waals surface area contributed by atoms with E-state index in [0.29, 0.717) is 22.7 Å². The van der Waals surface area contributed by atoms with Gasteiger partial charge in [-0.3, -0.25) is 9.52 Å². The summed E-state index contributed by atoms with van der Waals surface area (Å²) in [5.41, 5.74) is 2.60. The first-order chi connectivity index (χ1) is 11.3. The van der Waals surface area contributed by atoms with Crippen molar-refractivity contribution in [1.29, 1.82) is 0 Å². The first kappa shape index (κ1) is 16.3. The number of ether oxygens (including phenoxy) is 1. The van der Waals surface area contributed by atoms with Gasteiger partial charge in [-0.25, -0.2) is 8.42 Å². The normalized spacial score (nSPS) is 16.8. The van der Waals surface area contributed by atoms with Crippen LogP contribution in [0.25, 0.3) is 0 Å². The van der Waals surface area contributed by atoms with Crippen molar-refractivity contribution in [3.05, 3.63) is 53.6 Å². The van der Waals surface area contributed by atoms with E-state index >= 15 is 0 Å². The molecule has 2 aromatic rings. The van der Waals surface area contributed by atoms with Crippen molar-refractivity contribution in [2.45, 2.75) is 25.7 Å². The number of hydrogen-bond donors (Lipinski definition) is 2. The molecule has 0 saturated heterocycles. The average Bonchev–Trinajstić information content (AvgIpc) is 2.50. The zero-order valence-electron chi connectivity index (χ0n) is 13.4. The first-order valence-electron chi connectivity index (χ1n) is 7.50. The van der Waals surface area contributed by atoms with Crippen molar-refractivity contribution in [2.24, 2.45) is 0 Å². The van der Waals surface area contributed by atoms with Crippen LogP contribution < -0.4 is 14.8 Å². The molecule has 1 unspecified atom stereocenters. The van der Waals surface area contributed by atoms with Gasteiger partial charge in [-0.1, -0.05) is 29.8 Å². The van der Waals surface area contributed by atoms with Crippen molar-refractivity contribution >= 4 is 27.3 Å². The summed E-state index contributed by atoms with van der Waals surface area (Å²) in [6, 6.07) is 12.1. The molecule has 2 N–H and O–H groups in total. The Morgan fingerprint density at radius 1 is 1.17 bits per heavy atom. The Labute approximate surface area is 140 Å². The monoisotopic (exact) mass is 346 g/mol. The maximum absolute atomic E-state index is 12.3. The predicted octanol–water partition coefficient (Wildman–Crippen LogP) is 2.66. The summed E-state index contributed by atoms with van der Waals surface area (Å²) in [6.07, 6.45) is -0.568. The molecular weight excluding hydrogens is 328 g/mol. The molecule has 0 fully saturated rings. The number of carbonyl (C=O) groups is 1. The standard InChI is InChI=1S/C17H18N2O4S/c1-11-3-5-13(6-4-11)10-24(21,22)19-14-7-8-16-15(9-14)18-17(20)12(2)23-16/h3-9,12,19H,10H2,1-2H3,(H,18,20). The molecule has 1 aliphatic heterocycles. The minimum atomic E-state index is -3.55. The summed E-state index contributed by atoms with van der Waals surface area (Å²) >= 11 is 0. The average molecular weight is 346 g/mol. The molecule has 7 heteroatoms. The van der Waals surface area contributed by atoms with Crippen LogP contribution in [0.5, 0.6) is 5.75 Å². The van der Waals surface area contributed by atoms with Gasteiger partial charge in [0, 0.05) is 0 Å². The minimum absolute atomic E-state index is 0.121. The van der Waals surface area contributed by atoms with Gasteiger partial charge in [-0.15, -0.1) is 0 Å². The lowest BCUT2D eigenvalue weighted by molar-refractivity contribution is -0.122.